The first-order valence-corrected chi connectivity index (χ1v) is 10.9. The summed E-state index contributed by atoms with van der Waals surface area (Å²) in [5.41, 5.74) is 5.19. The molecule has 0 saturated carbocycles. The monoisotopic (exact) mass is 426 g/mol. The van der Waals surface area contributed by atoms with Crippen molar-refractivity contribution in [3.63, 3.8) is 0 Å². The normalized spacial score (nSPS) is 14.3. The number of thiophene rings is 1. The van der Waals surface area contributed by atoms with Gasteiger partial charge in [-0.25, -0.2) is 4.79 Å². The van der Waals surface area contributed by atoms with Crippen molar-refractivity contribution in [2.75, 3.05) is 18.1 Å². The van der Waals surface area contributed by atoms with E-state index in [1.54, 1.807) is 16.2 Å². The average Bonchev–Trinajstić information content (AvgIpc) is 3.37. The predicted octanol–water partition coefficient (Wildman–Crippen LogP) is 6.77. The number of anilines is 1. The Morgan fingerprint density at radius 1 is 1.21 bits per heavy atom. The first-order valence-electron chi connectivity index (χ1n) is 9.69. The number of hydrogen-bond donors (Lipinski definition) is 0. The molecule has 0 spiro atoms. The van der Waals surface area contributed by atoms with E-state index in [2.05, 4.69) is 43.3 Å². The molecule has 0 bridgehead atoms. The number of carbonyl (C=O) groups is 1. The van der Waals surface area contributed by atoms with Gasteiger partial charge >= 0.3 is 6.09 Å². The first-order chi connectivity index (χ1) is 13.9. The maximum absolute atomic E-state index is 11.8. The highest BCUT2D eigenvalue weighted by Gasteiger charge is 2.24. The van der Waals surface area contributed by atoms with Crippen LogP contribution in [0.15, 0.2) is 48.0 Å². The third-order valence-electron chi connectivity index (χ3n) is 5.56. The van der Waals surface area contributed by atoms with Crippen molar-refractivity contribution in [1.82, 2.24) is 4.98 Å². The summed E-state index contributed by atoms with van der Waals surface area (Å²) in [5.74, 6) is 0. The third kappa shape index (κ3) is 3.89. The Kier molecular flexibility index (Phi) is 5.36. The Morgan fingerprint density at radius 2 is 2.03 bits per heavy atom. The molecule has 4 nitrogen and oxygen atoms in total. The smallest absolute Gasteiger partial charge is 0.414 e. The molecular formula is C23H23ClN2O2S. The number of carbonyl (C=O) groups excluding carboxylic acids is 1. The van der Waals surface area contributed by atoms with E-state index in [0.717, 1.165) is 39.4 Å². The molecule has 0 atom stereocenters. The van der Waals surface area contributed by atoms with Crippen LogP contribution in [0.1, 0.15) is 32.9 Å². The fraction of sp³-hybridized carbons (Fsp3) is 0.304. The standard InChI is InChI=1S/C23H23ClN2O2S/c1-4-23(2,3)21-12-15(7-8-25-21)16-11-20(29-14-16)18-6-5-17(13-19(18)24)26-9-10-28-22(26)27/h5-8,11-14H,4,9-10H2,1-3H3. The van der Waals surface area contributed by atoms with Crippen LogP contribution >= 0.6 is 22.9 Å². The number of hydrogen-bond acceptors (Lipinski definition) is 4. The van der Waals surface area contributed by atoms with Crippen molar-refractivity contribution in [2.45, 2.75) is 32.6 Å². The van der Waals surface area contributed by atoms with Gasteiger partial charge < -0.3 is 4.74 Å². The molecule has 0 aliphatic carbocycles. The average molecular weight is 427 g/mol. The van der Waals surface area contributed by atoms with E-state index in [1.165, 1.54) is 0 Å². The summed E-state index contributed by atoms with van der Waals surface area (Å²) in [6.45, 7) is 7.58. The topological polar surface area (TPSA) is 42.4 Å². The predicted molar refractivity (Wildman–Crippen MR) is 120 cm³/mol. The Morgan fingerprint density at radius 3 is 2.72 bits per heavy atom. The van der Waals surface area contributed by atoms with E-state index in [1.807, 2.05) is 30.5 Å². The van der Waals surface area contributed by atoms with Gasteiger partial charge in [0.25, 0.3) is 0 Å². The lowest BCUT2D eigenvalue weighted by molar-refractivity contribution is 0.181. The summed E-state index contributed by atoms with van der Waals surface area (Å²) < 4.78 is 5.01. The number of benzene rings is 1. The lowest BCUT2D eigenvalue weighted by Crippen LogP contribution is -2.23. The largest absolute Gasteiger partial charge is 0.447 e. The maximum atomic E-state index is 11.8. The SMILES string of the molecule is CCC(C)(C)c1cc(-c2csc(-c3ccc(N4CCOC4=O)cc3Cl)c2)ccn1. The Hall–Kier alpha value is -2.37. The summed E-state index contributed by atoms with van der Waals surface area (Å²) in [7, 11) is 0. The summed E-state index contributed by atoms with van der Waals surface area (Å²) in [6.07, 6.45) is 2.59. The fourth-order valence-corrected chi connectivity index (χ4v) is 4.58. The van der Waals surface area contributed by atoms with Crippen LogP contribution in [0, 0.1) is 0 Å². The molecule has 1 amide bonds. The van der Waals surface area contributed by atoms with Gasteiger partial charge in [-0.1, -0.05) is 32.4 Å². The molecule has 1 aliphatic rings. The lowest BCUT2D eigenvalue weighted by atomic mass is 9.85. The number of nitrogens with zero attached hydrogens (tertiary/aromatic N) is 2. The van der Waals surface area contributed by atoms with Crippen LogP contribution < -0.4 is 4.90 Å². The lowest BCUT2D eigenvalue weighted by Gasteiger charge is -2.22. The van der Waals surface area contributed by atoms with E-state index >= 15 is 0 Å². The highest BCUT2D eigenvalue weighted by atomic mass is 35.5. The Labute approximate surface area is 180 Å². The van der Waals surface area contributed by atoms with Crippen LogP contribution in [-0.4, -0.2) is 24.2 Å². The second-order valence-corrected chi connectivity index (χ2v) is 9.12. The van der Waals surface area contributed by atoms with Gasteiger partial charge in [0.15, 0.2) is 0 Å². The molecule has 1 aliphatic heterocycles. The van der Waals surface area contributed by atoms with Crippen LogP contribution in [0.3, 0.4) is 0 Å². The summed E-state index contributed by atoms with van der Waals surface area (Å²) >= 11 is 8.23. The minimum atomic E-state index is -0.323. The third-order valence-corrected chi connectivity index (χ3v) is 6.84. The molecule has 0 unspecified atom stereocenters. The Bertz CT molecular complexity index is 1060. The molecule has 4 rings (SSSR count). The fourth-order valence-electron chi connectivity index (χ4n) is 3.29. The van der Waals surface area contributed by atoms with Gasteiger partial charge in [0.1, 0.15) is 6.61 Å². The van der Waals surface area contributed by atoms with Crippen molar-refractivity contribution in [3.8, 4) is 21.6 Å². The second kappa shape index (κ2) is 7.81. The molecule has 1 aromatic carbocycles. The number of amides is 1. The van der Waals surface area contributed by atoms with E-state index in [4.69, 9.17) is 16.3 Å². The van der Waals surface area contributed by atoms with Crippen molar-refractivity contribution in [3.05, 3.63) is 58.7 Å². The van der Waals surface area contributed by atoms with Gasteiger partial charge in [0.05, 0.1) is 11.6 Å². The van der Waals surface area contributed by atoms with Gasteiger partial charge in [-0.15, -0.1) is 11.3 Å². The number of rotatable bonds is 5. The molecule has 6 heteroatoms. The summed E-state index contributed by atoms with van der Waals surface area (Å²) in [5, 5.41) is 2.77. The van der Waals surface area contributed by atoms with E-state index in [0.29, 0.717) is 18.2 Å². The zero-order valence-electron chi connectivity index (χ0n) is 16.7. The molecular weight excluding hydrogens is 404 g/mol. The van der Waals surface area contributed by atoms with Gasteiger partial charge in [-0.05, 0) is 59.3 Å². The summed E-state index contributed by atoms with van der Waals surface area (Å²) in [6, 6.07) is 12.1. The molecule has 0 radical (unpaired) electrons. The van der Waals surface area contributed by atoms with Crippen LogP contribution in [0.4, 0.5) is 10.5 Å². The molecule has 3 heterocycles. The highest BCUT2D eigenvalue weighted by molar-refractivity contribution is 7.14. The van der Waals surface area contributed by atoms with Gasteiger partial charge in [0, 0.05) is 33.4 Å². The van der Waals surface area contributed by atoms with Gasteiger partial charge in [-0.3, -0.25) is 9.88 Å². The van der Waals surface area contributed by atoms with Crippen LogP contribution in [-0.2, 0) is 10.2 Å². The number of ether oxygens (including phenoxy) is 1. The Balaban J connectivity index is 1.63. The van der Waals surface area contributed by atoms with Crippen molar-refractivity contribution in [1.29, 1.82) is 0 Å². The number of pyridine rings is 1. The minimum Gasteiger partial charge on any atom is -0.447 e. The first kappa shape index (κ1) is 19.9. The molecule has 29 heavy (non-hydrogen) atoms. The number of cyclic esters (lactones) is 1. The quantitative estimate of drug-likeness (QED) is 0.451. The van der Waals surface area contributed by atoms with E-state index < -0.39 is 0 Å². The van der Waals surface area contributed by atoms with Crippen molar-refractivity contribution in [2.24, 2.45) is 0 Å². The molecule has 1 fully saturated rings. The number of aromatic nitrogens is 1. The van der Waals surface area contributed by atoms with Crippen LogP contribution in [0.5, 0.6) is 0 Å². The van der Waals surface area contributed by atoms with Gasteiger partial charge in [-0.2, -0.15) is 0 Å². The minimum absolute atomic E-state index is 0.0464. The zero-order chi connectivity index (χ0) is 20.6. The maximum Gasteiger partial charge on any atom is 0.414 e. The van der Waals surface area contributed by atoms with Crippen molar-refractivity contribution < 1.29 is 9.53 Å². The molecule has 2 aromatic heterocycles. The van der Waals surface area contributed by atoms with Crippen molar-refractivity contribution >= 4 is 34.7 Å². The van der Waals surface area contributed by atoms with E-state index in [9.17, 15) is 4.79 Å². The van der Waals surface area contributed by atoms with Gasteiger partial charge in [0.2, 0.25) is 0 Å². The molecule has 1 saturated heterocycles. The number of halogens is 1. The summed E-state index contributed by atoms with van der Waals surface area (Å²) in [4.78, 5) is 19.1. The van der Waals surface area contributed by atoms with Crippen LogP contribution in [0.25, 0.3) is 21.6 Å². The molecule has 3 aromatic rings. The van der Waals surface area contributed by atoms with Crippen LogP contribution in [0.2, 0.25) is 5.02 Å². The zero-order valence-corrected chi connectivity index (χ0v) is 18.3. The molecule has 150 valence electrons. The molecule has 0 N–H and O–H groups in total. The van der Waals surface area contributed by atoms with E-state index in [-0.39, 0.29) is 11.5 Å². The highest BCUT2D eigenvalue weighted by Crippen LogP contribution is 2.39. The second-order valence-electron chi connectivity index (χ2n) is 7.80.